The molecule has 1 aromatic rings. The third kappa shape index (κ3) is 4.25. The zero-order chi connectivity index (χ0) is 19.6. The van der Waals surface area contributed by atoms with Crippen LogP contribution in [0.25, 0.3) is 0 Å². The van der Waals surface area contributed by atoms with Gasteiger partial charge in [0.05, 0.1) is 12.3 Å². The second-order valence-corrected chi connectivity index (χ2v) is 6.62. The second-order valence-electron chi connectivity index (χ2n) is 6.62. The number of benzene rings is 1. The molecule has 1 atom stereocenters. The molecule has 146 valence electrons. The fourth-order valence-electron chi connectivity index (χ4n) is 3.27. The first-order valence-corrected chi connectivity index (χ1v) is 8.96. The number of amides is 3. The van der Waals surface area contributed by atoms with Gasteiger partial charge in [0, 0.05) is 18.3 Å². The first kappa shape index (κ1) is 19.2. The highest BCUT2D eigenvalue weighted by Gasteiger charge is 2.39. The molecular weight excluding hydrogens is 355 g/mol. The Balaban J connectivity index is 1.75. The van der Waals surface area contributed by atoms with Gasteiger partial charge in [-0.05, 0) is 37.6 Å². The second kappa shape index (κ2) is 8.01. The average molecular weight is 378 g/mol. The third-order valence-corrected chi connectivity index (χ3v) is 4.74. The van der Waals surface area contributed by atoms with Crippen LogP contribution in [0.2, 0.25) is 0 Å². The van der Waals surface area contributed by atoms with E-state index in [2.05, 4.69) is 5.32 Å². The number of morpholine rings is 1. The van der Waals surface area contributed by atoms with Gasteiger partial charge in [0.1, 0.15) is 12.4 Å². The SMILES string of the molecule is CCN(C1CC1)[C@@H](C(N)=O)C(=O)Nc1ccc(N2CCOCC2=O)cc1F. The van der Waals surface area contributed by atoms with Gasteiger partial charge in [-0.3, -0.25) is 19.3 Å². The van der Waals surface area contributed by atoms with E-state index in [0.717, 1.165) is 12.8 Å². The summed E-state index contributed by atoms with van der Waals surface area (Å²) in [6.07, 6.45) is 1.81. The number of nitrogens with two attached hydrogens (primary N) is 1. The van der Waals surface area contributed by atoms with Crippen LogP contribution in [0.5, 0.6) is 0 Å². The summed E-state index contributed by atoms with van der Waals surface area (Å²) in [7, 11) is 0. The van der Waals surface area contributed by atoms with E-state index in [1.807, 2.05) is 6.92 Å². The van der Waals surface area contributed by atoms with Crippen molar-refractivity contribution in [1.29, 1.82) is 0 Å². The molecule has 1 aliphatic heterocycles. The average Bonchev–Trinajstić information content (AvgIpc) is 3.46. The Morgan fingerprint density at radius 3 is 2.74 bits per heavy atom. The lowest BCUT2D eigenvalue weighted by Crippen LogP contribution is -2.53. The van der Waals surface area contributed by atoms with Crippen LogP contribution in [0, 0.1) is 5.82 Å². The van der Waals surface area contributed by atoms with Crippen LogP contribution < -0.4 is 16.0 Å². The molecule has 0 aromatic heterocycles. The van der Waals surface area contributed by atoms with E-state index >= 15 is 0 Å². The summed E-state index contributed by atoms with van der Waals surface area (Å²) in [5.74, 6) is -2.38. The third-order valence-electron chi connectivity index (χ3n) is 4.74. The summed E-state index contributed by atoms with van der Waals surface area (Å²) in [5.41, 5.74) is 5.74. The number of ether oxygens (including phenoxy) is 1. The number of primary amides is 1. The molecule has 1 aliphatic carbocycles. The van der Waals surface area contributed by atoms with E-state index in [9.17, 15) is 18.8 Å². The summed E-state index contributed by atoms with van der Waals surface area (Å²) in [6.45, 7) is 3.00. The number of halogens is 1. The summed E-state index contributed by atoms with van der Waals surface area (Å²) < 4.78 is 19.6. The number of anilines is 2. The highest BCUT2D eigenvalue weighted by molar-refractivity contribution is 6.09. The van der Waals surface area contributed by atoms with Crippen molar-refractivity contribution >= 4 is 29.1 Å². The van der Waals surface area contributed by atoms with Crippen LogP contribution in [-0.2, 0) is 19.1 Å². The molecule has 1 saturated heterocycles. The van der Waals surface area contributed by atoms with Gasteiger partial charge in [0.15, 0.2) is 6.04 Å². The monoisotopic (exact) mass is 378 g/mol. The number of nitrogens with one attached hydrogen (secondary N) is 1. The van der Waals surface area contributed by atoms with E-state index in [-0.39, 0.29) is 24.2 Å². The first-order chi connectivity index (χ1) is 12.9. The number of carbonyl (C=O) groups excluding carboxylic acids is 3. The van der Waals surface area contributed by atoms with Gasteiger partial charge >= 0.3 is 0 Å². The molecule has 2 aliphatic rings. The van der Waals surface area contributed by atoms with Gasteiger partial charge in [-0.15, -0.1) is 0 Å². The molecule has 3 N–H and O–H groups in total. The molecule has 9 heteroatoms. The molecule has 3 amide bonds. The summed E-state index contributed by atoms with van der Waals surface area (Å²) in [6, 6.07) is 3.09. The largest absolute Gasteiger partial charge is 0.370 e. The lowest BCUT2D eigenvalue weighted by Gasteiger charge is -2.28. The minimum atomic E-state index is -1.15. The molecule has 0 spiro atoms. The molecule has 2 fully saturated rings. The molecule has 8 nitrogen and oxygen atoms in total. The van der Waals surface area contributed by atoms with Gasteiger partial charge in [-0.2, -0.15) is 0 Å². The number of rotatable bonds is 7. The maximum absolute atomic E-state index is 14.5. The normalized spacial score (nSPS) is 18.5. The van der Waals surface area contributed by atoms with E-state index in [1.165, 1.54) is 17.0 Å². The highest BCUT2D eigenvalue weighted by Crippen LogP contribution is 2.29. The Hall–Kier alpha value is -2.52. The standard InChI is InChI=1S/C18H23FN4O4/c1-2-22(11-3-4-11)16(17(20)25)18(26)21-14-6-5-12(9-13(14)19)23-7-8-27-10-15(23)24/h5-6,9,11,16H,2-4,7-8,10H2,1H3,(H2,20,25)(H,21,26)/t16-/m0/s1. The zero-order valence-electron chi connectivity index (χ0n) is 15.1. The Kier molecular flexibility index (Phi) is 5.71. The van der Waals surface area contributed by atoms with Gasteiger partial charge in [-0.25, -0.2) is 4.39 Å². The first-order valence-electron chi connectivity index (χ1n) is 8.96. The van der Waals surface area contributed by atoms with Crippen molar-refractivity contribution in [2.45, 2.75) is 31.8 Å². The Bertz CT molecular complexity index is 753. The highest BCUT2D eigenvalue weighted by atomic mass is 19.1. The minimum Gasteiger partial charge on any atom is -0.370 e. The fourth-order valence-corrected chi connectivity index (χ4v) is 3.27. The van der Waals surface area contributed by atoms with E-state index in [4.69, 9.17) is 10.5 Å². The van der Waals surface area contributed by atoms with Crippen molar-refractivity contribution in [3.05, 3.63) is 24.0 Å². The summed E-state index contributed by atoms with van der Waals surface area (Å²) >= 11 is 0. The maximum Gasteiger partial charge on any atom is 0.253 e. The number of hydrogen-bond acceptors (Lipinski definition) is 5. The van der Waals surface area contributed by atoms with Gasteiger partial charge in [-0.1, -0.05) is 6.92 Å². The Morgan fingerprint density at radius 2 is 2.19 bits per heavy atom. The van der Waals surface area contributed by atoms with Gasteiger partial charge in [0.2, 0.25) is 5.91 Å². The molecule has 27 heavy (non-hydrogen) atoms. The molecule has 0 radical (unpaired) electrons. The molecular formula is C18H23FN4O4. The van der Waals surface area contributed by atoms with Crippen LogP contribution in [0.1, 0.15) is 19.8 Å². The predicted octanol–water partition coefficient (Wildman–Crippen LogP) is 0.466. The van der Waals surface area contributed by atoms with E-state index in [1.54, 1.807) is 11.0 Å². The lowest BCUT2D eigenvalue weighted by molar-refractivity contribution is -0.132. The topological polar surface area (TPSA) is 105 Å². The number of likely N-dealkylation sites (N-methyl/N-ethyl adjacent to an activating group) is 1. The molecule has 1 saturated carbocycles. The van der Waals surface area contributed by atoms with Crippen LogP contribution in [0.15, 0.2) is 18.2 Å². The molecule has 1 aromatic carbocycles. The molecule has 3 rings (SSSR count). The number of hydrogen-bond donors (Lipinski definition) is 2. The van der Waals surface area contributed by atoms with Crippen molar-refractivity contribution in [3.63, 3.8) is 0 Å². The van der Waals surface area contributed by atoms with Crippen molar-refractivity contribution < 1.29 is 23.5 Å². The smallest absolute Gasteiger partial charge is 0.253 e. The minimum absolute atomic E-state index is 0.0472. The van der Waals surface area contributed by atoms with Crippen LogP contribution in [0.4, 0.5) is 15.8 Å². The Morgan fingerprint density at radius 1 is 1.44 bits per heavy atom. The fraction of sp³-hybridized carbons (Fsp3) is 0.500. The van der Waals surface area contributed by atoms with Crippen molar-refractivity contribution in [2.75, 3.05) is 36.5 Å². The van der Waals surface area contributed by atoms with Crippen LogP contribution in [-0.4, -0.2) is 61.0 Å². The van der Waals surface area contributed by atoms with Crippen molar-refractivity contribution in [2.24, 2.45) is 5.73 Å². The predicted molar refractivity (Wildman–Crippen MR) is 96.6 cm³/mol. The van der Waals surface area contributed by atoms with Gasteiger partial charge < -0.3 is 20.7 Å². The number of nitrogens with zero attached hydrogens (tertiary/aromatic N) is 2. The number of carbonyl (C=O) groups is 3. The molecule has 0 bridgehead atoms. The quantitative estimate of drug-likeness (QED) is 0.671. The molecule has 0 unspecified atom stereocenters. The maximum atomic E-state index is 14.5. The van der Waals surface area contributed by atoms with Crippen molar-refractivity contribution in [3.8, 4) is 0 Å². The summed E-state index contributed by atoms with van der Waals surface area (Å²) in [4.78, 5) is 39.4. The van der Waals surface area contributed by atoms with E-state index < -0.39 is 23.7 Å². The van der Waals surface area contributed by atoms with Crippen LogP contribution >= 0.6 is 0 Å². The van der Waals surface area contributed by atoms with Gasteiger partial charge in [0.25, 0.3) is 11.8 Å². The van der Waals surface area contributed by atoms with E-state index in [0.29, 0.717) is 25.4 Å². The zero-order valence-corrected chi connectivity index (χ0v) is 15.1. The molecule has 1 heterocycles. The summed E-state index contributed by atoms with van der Waals surface area (Å²) in [5, 5.41) is 2.45. The Labute approximate surface area is 156 Å². The van der Waals surface area contributed by atoms with Crippen LogP contribution in [0.3, 0.4) is 0 Å². The lowest BCUT2D eigenvalue weighted by atomic mass is 10.2. The van der Waals surface area contributed by atoms with Crippen molar-refractivity contribution in [1.82, 2.24) is 4.90 Å².